The smallest absolute Gasteiger partial charge is 0.244 e. The van der Waals surface area contributed by atoms with Gasteiger partial charge in [-0.2, -0.15) is 4.31 Å². The average Bonchev–Trinajstić information content (AvgIpc) is 2.38. The molecule has 0 unspecified atom stereocenters. The van der Waals surface area contributed by atoms with Crippen LogP contribution in [0.4, 0.5) is 4.39 Å². The lowest BCUT2D eigenvalue weighted by atomic mass is 9.93. The third-order valence-corrected chi connectivity index (χ3v) is 6.37. The minimum atomic E-state index is -3.91. The number of hydrogen-bond acceptors (Lipinski definition) is 3. The number of sulfonamides is 1. The lowest BCUT2D eigenvalue weighted by Gasteiger charge is -2.36. The van der Waals surface area contributed by atoms with Gasteiger partial charge in [0, 0.05) is 19.2 Å². The number of benzene rings is 1. The fraction of sp³-hybridized carbons (Fsp3) is 0.538. The molecule has 0 spiro atoms. The van der Waals surface area contributed by atoms with E-state index in [1.165, 1.54) is 16.4 Å². The van der Waals surface area contributed by atoms with E-state index in [1.807, 2.05) is 0 Å². The van der Waals surface area contributed by atoms with Gasteiger partial charge < -0.3 is 5.11 Å². The first kappa shape index (κ1) is 17.0. The molecule has 0 amide bonds. The van der Waals surface area contributed by atoms with Crippen molar-refractivity contribution in [3.63, 3.8) is 0 Å². The molecular weight excluding hydrogens is 340 g/mol. The molecule has 1 aromatic carbocycles. The highest BCUT2D eigenvalue weighted by atomic mass is 35.5. The van der Waals surface area contributed by atoms with Crippen molar-refractivity contribution in [2.24, 2.45) is 0 Å². The lowest BCUT2D eigenvalue weighted by molar-refractivity contribution is 0.198. The lowest BCUT2D eigenvalue weighted by Crippen LogP contribution is -2.44. The Kier molecular flexibility index (Phi) is 5.48. The van der Waals surface area contributed by atoms with Crippen molar-refractivity contribution in [3.05, 3.63) is 28.0 Å². The molecule has 0 radical (unpaired) electrons. The van der Waals surface area contributed by atoms with Crippen LogP contribution in [0.25, 0.3) is 0 Å². The zero-order chi connectivity index (χ0) is 15.6. The maximum absolute atomic E-state index is 13.7. The zero-order valence-corrected chi connectivity index (χ0v) is 13.6. The summed E-state index contributed by atoms with van der Waals surface area (Å²) in [6, 6.07) is 2.28. The quantitative estimate of drug-likeness (QED) is 0.797. The predicted molar refractivity (Wildman–Crippen MR) is 79.7 cm³/mol. The van der Waals surface area contributed by atoms with Crippen LogP contribution in [0.15, 0.2) is 17.0 Å². The van der Waals surface area contributed by atoms with Crippen molar-refractivity contribution >= 4 is 33.2 Å². The Morgan fingerprint density at radius 2 is 2.00 bits per heavy atom. The van der Waals surface area contributed by atoms with Crippen LogP contribution in [0.3, 0.4) is 0 Å². The highest BCUT2D eigenvalue weighted by Gasteiger charge is 2.36. The second-order valence-electron chi connectivity index (χ2n) is 4.95. The first-order valence-electron chi connectivity index (χ1n) is 6.65. The monoisotopic (exact) mass is 355 g/mol. The Labute approximate surface area is 133 Å². The molecule has 0 aliphatic heterocycles. The normalized spacial score (nSPS) is 16.2. The molecule has 1 aromatic rings. The number of nitrogens with zero attached hydrogens (tertiary/aromatic N) is 1. The third-order valence-electron chi connectivity index (χ3n) is 3.60. The fourth-order valence-electron chi connectivity index (χ4n) is 2.23. The van der Waals surface area contributed by atoms with E-state index >= 15 is 0 Å². The van der Waals surface area contributed by atoms with Crippen molar-refractivity contribution in [2.75, 3.05) is 13.2 Å². The van der Waals surface area contributed by atoms with Crippen LogP contribution in [-0.4, -0.2) is 37.0 Å². The highest BCUT2D eigenvalue weighted by molar-refractivity contribution is 7.89. The number of aliphatic hydroxyl groups is 1. The Morgan fingerprint density at radius 3 is 2.52 bits per heavy atom. The van der Waals surface area contributed by atoms with Crippen molar-refractivity contribution in [1.29, 1.82) is 0 Å². The van der Waals surface area contributed by atoms with Gasteiger partial charge in [0.25, 0.3) is 0 Å². The Bertz CT molecular complexity index is 620. The van der Waals surface area contributed by atoms with Gasteiger partial charge in [-0.1, -0.05) is 29.6 Å². The van der Waals surface area contributed by atoms with E-state index in [2.05, 4.69) is 0 Å². The first-order valence-corrected chi connectivity index (χ1v) is 8.85. The molecule has 0 bridgehead atoms. The minimum absolute atomic E-state index is 0.110. The Hall–Kier alpha value is -0.400. The molecule has 1 saturated carbocycles. The predicted octanol–water partition coefficient (Wildman–Crippen LogP) is 3.06. The van der Waals surface area contributed by atoms with Gasteiger partial charge in [0.2, 0.25) is 10.0 Å². The van der Waals surface area contributed by atoms with Gasteiger partial charge in [0.1, 0.15) is 4.90 Å². The molecule has 0 atom stereocenters. The highest BCUT2D eigenvalue weighted by Crippen LogP contribution is 2.35. The van der Waals surface area contributed by atoms with E-state index in [4.69, 9.17) is 28.3 Å². The summed E-state index contributed by atoms with van der Waals surface area (Å²) >= 11 is 11.4. The van der Waals surface area contributed by atoms with Crippen molar-refractivity contribution in [2.45, 2.75) is 36.6 Å². The van der Waals surface area contributed by atoms with Crippen molar-refractivity contribution < 1.29 is 17.9 Å². The van der Waals surface area contributed by atoms with Crippen LogP contribution in [0.1, 0.15) is 25.7 Å². The van der Waals surface area contributed by atoms with Crippen LogP contribution in [0.5, 0.6) is 0 Å². The van der Waals surface area contributed by atoms with Crippen molar-refractivity contribution in [1.82, 2.24) is 4.31 Å². The molecule has 4 nitrogen and oxygen atoms in total. The largest absolute Gasteiger partial charge is 0.396 e. The summed E-state index contributed by atoms with van der Waals surface area (Å²) in [7, 11) is -3.91. The Morgan fingerprint density at radius 1 is 1.33 bits per heavy atom. The van der Waals surface area contributed by atoms with E-state index in [-0.39, 0.29) is 29.1 Å². The zero-order valence-electron chi connectivity index (χ0n) is 11.2. The Balaban J connectivity index is 2.40. The number of aliphatic hydroxyl groups excluding tert-OH is 1. The van der Waals surface area contributed by atoms with Crippen molar-refractivity contribution in [3.8, 4) is 0 Å². The molecule has 8 heteroatoms. The molecule has 0 saturated heterocycles. The summed E-state index contributed by atoms with van der Waals surface area (Å²) in [5, 5.41) is 8.23. The number of rotatable bonds is 6. The van der Waals surface area contributed by atoms with Gasteiger partial charge in [-0.15, -0.1) is 0 Å². The summed E-state index contributed by atoms with van der Waals surface area (Å²) < 4.78 is 40.5. The summed E-state index contributed by atoms with van der Waals surface area (Å²) in [5.41, 5.74) is 0. The fourth-order valence-corrected chi connectivity index (χ4v) is 4.68. The van der Waals surface area contributed by atoms with E-state index in [0.717, 1.165) is 19.3 Å². The molecule has 21 heavy (non-hydrogen) atoms. The second kappa shape index (κ2) is 6.79. The average molecular weight is 356 g/mol. The van der Waals surface area contributed by atoms with Gasteiger partial charge in [0.05, 0.1) is 10.0 Å². The summed E-state index contributed by atoms with van der Waals surface area (Å²) in [5.74, 6) is -0.935. The molecule has 1 aliphatic rings. The molecule has 0 heterocycles. The topological polar surface area (TPSA) is 57.6 Å². The summed E-state index contributed by atoms with van der Waals surface area (Å²) in [6.45, 7) is 0.0749. The van der Waals surface area contributed by atoms with Crippen LogP contribution >= 0.6 is 23.2 Å². The maximum atomic E-state index is 13.7. The molecular formula is C13H16Cl2FNO3S. The van der Waals surface area contributed by atoms with Crippen LogP contribution < -0.4 is 0 Å². The first-order chi connectivity index (χ1) is 9.89. The van der Waals surface area contributed by atoms with Gasteiger partial charge in [-0.25, -0.2) is 12.8 Å². The molecule has 0 aromatic heterocycles. The molecule has 1 aliphatic carbocycles. The van der Waals surface area contributed by atoms with Gasteiger partial charge in [0.15, 0.2) is 5.82 Å². The van der Waals surface area contributed by atoms with E-state index in [1.54, 1.807) is 0 Å². The second-order valence-corrected chi connectivity index (χ2v) is 7.60. The van der Waals surface area contributed by atoms with Gasteiger partial charge >= 0.3 is 0 Å². The third kappa shape index (κ3) is 3.35. The molecule has 2 rings (SSSR count). The minimum Gasteiger partial charge on any atom is -0.396 e. The maximum Gasteiger partial charge on any atom is 0.244 e. The van der Waals surface area contributed by atoms with Crippen LogP contribution in [0, 0.1) is 5.82 Å². The van der Waals surface area contributed by atoms with E-state index < -0.39 is 20.9 Å². The SMILES string of the molecule is O=S(=O)(c1ccc(Cl)c(F)c1Cl)N(CCCO)C1CCC1. The molecule has 1 N–H and O–H groups in total. The van der Waals surface area contributed by atoms with Crippen LogP contribution in [-0.2, 0) is 10.0 Å². The molecule has 118 valence electrons. The van der Waals surface area contributed by atoms with Gasteiger partial charge in [-0.05, 0) is 31.4 Å². The van der Waals surface area contributed by atoms with Gasteiger partial charge in [-0.3, -0.25) is 0 Å². The van der Waals surface area contributed by atoms with E-state index in [9.17, 15) is 12.8 Å². The number of halogens is 3. The summed E-state index contributed by atoms with van der Waals surface area (Å²) in [6.07, 6.45) is 2.80. The van der Waals surface area contributed by atoms with Crippen LogP contribution in [0.2, 0.25) is 10.0 Å². The standard InChI is InChI=1S/C13H16Cl2FNO3S/c14-10-5-6-11(12(15)13(10)16)21(19,20)17(7-2-8-18)9-3-1-4-9/h5-6,9,18H,1-4,7-8H2. The molecule has 1 fully saturated rings. The number of hydrogen-bond donors (Lipinski definition) is 1. The van der Waals surface area contributed by atoms with E-state index in [0.29, 0.717) is 6.42 Å². The summed E-state index contributed by atoms with van der Waals surface area (Å²) in [4.78, 5) is -0.282.